The maximum atomic E-state index is 11.2. The average Bonchev–Trinajstić information content (AvgIpc) is 2.36. The number of esters is 3. The van der Waals surface area contributed by atoms with Crippen LogP contribution in [0.5, 0.6) is 0 Å². The maximum absolute atomic E-state index is 11.2. The molecule has 0 aromatic carbocycles. The first kappa shape index (κ1) is 19.3. The van der Waals surface area contributed by atoms with Crippen LogP contribution in [0.3, 0.4) is 0 Å². The molecule has 0 aromatic rings. The summed E-state index contributed by atoms with van der Waals surface area (Å²) in [4.78, 5) is 33.3. The van der Waals surface area contributed by atoms with Gasteiger partial charge in [-0.05, 0) is 0 Å². The van der Waals surface area contributed by atoms with Crippen molar-refractivity contribution in [2.45, 2.75) is 39.1 Å². The highest BCUT2D eigenvalue weighted by Gasteiger charge is 2.35. The second kappa shape index (κ2) is 10.1. The molecule has 0 unspecified atom stereocenters. The summed E-state index contributed by atoms with van der Waals surface area (Å²) >= 11 is 0. The van der Waals surface area contributed by atoms with Crippen LogP contribution in [0.25, 0.3) is 0 Å². The van der Waals surface area contributed by atoms with Crippen molar-refractivity contribution in [3.05, 3.63) is 0 Å². The lowest BCUT2D eigenvalue weighted by Crippen LogP contribution is -2.48. The molecule has 0 saturated heterocycles. The normalized spacial score (nSPS) is 14.7. The first-order valence-electron chi connectivity index (χ1n) is 6.31. The molecule has 0 saturated carbocycles. The summed E-state index contributed by atoms with van der Waals surface area (Å²) in [6.45, 7) is 3.53. The lowest BCUT2D eigenvalue weighted by molar-refractivity contribution is -0.186. The minimum atomic E-state index is -0.962. The first-order valence-corrected chi connectivity index (χ1v) is 6.31. The third-order valence-electron chi connectivity index (χ3n) is 2.44. The summed E-state index contributed by atoms with van der Waals surface area (Å²) in [5.41, 5.74) is 0. The van der Waals surface area contributed by atoms with E-state index in [0.717, 1.165) is 0 Å². The summed E-state index contributed by atoms with van der Waals surface area (Å²) in [5, 5.41) is 0. The third-order valence-corrected chi connectivity index (χ3v) is 2.44. The van der Waals surface area contributed by atoms with Crippen molar-refractivity contribution >= 4 is 17.9 Å². The van der Waals surface area contributed by atoms with Crippen LogP contribution in [0.4, 0.5) is 0 Å². The zero-order valence-corrected chi connectivity index (χ0v) is 12.9. The van der Waals surface area contributed by atoms with Gasteiger partial charge in [0.05, 0.1) is 6.61 Å². The van der Waals surface area contributed by atoms with Crippen LogP contribution in [-0.4, -0.2) is 63.7 Å². The third kappa shape index (κ3) is 8.26. The Morgan fingerprint density at radius 3 is 1.76 bits per heavy atom. The Morgan fingerprint density at radius 1 is 0.810 bits per heavy atom. The van der Waals surface area contributed by atoms with Gasteiger partial charge < -0.3 is 23.7 Å². The molecular weight excluding hydrogens is 284 g/mol. The van der Waals surface area contributed by atoms with Gasteiger partial charge >= 0.3 is 17.9 Å². The molecule has 0 fully saturated rings. The highest BCUT2D eigenvalue weighted by atomic mass is 16.6. The van der Waals surface area contributed by atoms with Crippen LogP contribution in [-0.2, 0) is 38.1 Å². The monoisotopic (exact) mass is 306 g/mol. The zero-order chi connectivity index (χ0) is 16.4. The molecule has 21 heavy (non-hydrogen) atoms. The van der Waals surface area contributed by atoms with Gasteiger partial charge in [0.2, 0.25) is 0 Å². The summed E-state index contributed by atoms with van der Waals surface area (Å²) in [5.74, 6) is -1.65. The van der Waals surface area contributed by atoms with Crippen molar-refractivity contribution in [2.75, 3.05) is 27.4 Å². The molecule has 0 aliphatic heterocycles. The molecule has 0 rings (SSSR count). The van der Waals surface area contributed by atoms with Crippen LogP contribution >= 0.6 is 0 Å². The Labute approximate surface area is 123 Å². The molecule has 0 aliphatic carbocycles. The molecular formula is C13H22O8. The number of ether oxygens (including phenoxy) is 5. The number of carbonyl (C=O) groups excluding carboxylic acids is 3. The standard InChI is InChI=1S/C13H22O8/c1-8(14)19-7-11(18-5)13(21-10(3)16)12(6-17-4)20-9(2)15/h11-13H,6-7H2,1-5H3/t11-,12-,13+/m1/s1. The molecule has 3 atom stereocenters. The van der Waals surface area contributed by atoms with E-state index < -0.39 is 36.2 Å². The van der Waals surface area contributed by atoms with E-state index in [1.54, 1.807) is 0 Å². The van der Waals surface area contributed by atoms with Crippen LogP contribution in [0.2, 0.25) is 0 Å². The van der Waals surface area contributed by atoms with Crippen molar-refractivity contribution < 1.29 is 38.1 Å². The summed E-state index contributed by atoms with van der Waals surface area (Å²) in [7, 11) is 2.78. The van der Waals surface area contributed by atoms with E-state index in [0.29, 0.717) is 0 Å². The van der Waals surface area contributed by atoms with Crippen LogP contribution in [0.15, 0.2) is 0 Å². The summed E-state index contributed by atoms with van der Waals surface area (Å²) in [6.07, 6.45) is -2.63. The number of rotatable bonds is 9. The van der Waals surface area contributed by atoms with E-state index in [1.807, 2.05) is 0 Å². The molecule has 0 radical (unpaired) electrons. The predicted molar refractivity (Wildman–Crippen MR) is 70.4 cm³/mol. The van der Waals surface area contributed by atoms with Crippen molar-refractivity contribution in [1.29, 1.82) is 0 Å². The highest BCUT2D eigenvalue weighted by molar-refractivity contribution is 5.67. The Balaban J connectivity index is 5.10. The van der Waals surface area contributed by atoms with Gasteiger partial charge in [0.15, 0.2) is 12.2 Å². The van der Waals surface area contributed by atoms with Crippen molar-refractivity contribution in [2.24, 2.45) is 0 Å². The fraction of sp³-hybridized carbons (Fsp3) is 0.769. The Hall–Kier alpha value is -1.67. The SMILES string of the molecule is COC[C@@H](OC(C)=O)[C@@H](OC(C)=O)[C@@H](COC(C)=O)OC. The first-order chi connectivity index (χ1) is 9.81. The molecule has 0 spiro atoms. The summed E-state index contributed by atoms with van der Waals surface area (Å²) in [6, 6.07) is 0. The molecule has 8 heteroatoms. The van der Waals surface area contributed by atoms with E-state index in [-0.39, 0.29) is 13.2 Å². The van der Waals surface area contributed by atoms with E-state index in [9.17, 15) is 14.4 Å². The van der Waals surface area contributed by atoms with Crippen LogP contribution < -0.4 is 0 Å². The van der Waals surface area contributed by atoms with Gasteiger partial charge in [0.1, 0.15) is 12.7 Å². The maximum Gasteiger partial charge on any atom is 0.303 e. The average molecular weight is 306 g/mol. The molecule has 0 heterocycles. The van der Waals surface area contributed by atoms with Crippen molar-refractivity contribution in [3.63, 3.8) is 0 Å². The van der Waals surface area contributed by atoms with Gasteiger partial charge in [-0.3, -0.25) is 14.4 Å². The van der Waals surface area contributed by atoms with E-state index in [2.05, 4.69) is 0 Å². The molecule has 0 aliphatic rings. The minimum Gasteiger partial charge on any atom is -0.463 e. The molecule has 122 valence electrons. The fourth-order valence-corrected chi connectivity index (χ4v) is 1.65. The van der Waals surface area contributed by atoms with Gasteiger partial charge in [0.25, 0.3) is 0 Å². The van der Waals surface area contributed by atoms with E-state index in [1.165, 1.54) is 35.0 Å². The number of hydrogen-bond donors (Lipinski definition) is 0. The second-order valence-corrected chi connectivity index (χ2v) is 4.25. The van der Waals surface area contributed by atoms with Gasteiger partial charge in [-0.2, -0.15) is 0 Å². The van der Waals surface area contributed by atoms with E-state index >= 15 is 0 Å². The fourth-order valence-electron chi connectivity index (χ4n) is 1.65. The van der Waals surface area contributed by atoms with Gasteiger partial charge in [0, 0.05) is 35.0 Å². The molecule has 0 amide bonds. The lowest BCUT2D eigenvalue weighted by atomic mass is 10.1. The van der Waals surface area contributed by atoms with Crippen LogP contribution in [0, 0.1) is 0 Å². The smallest absolute Gasteiger partial charge is 0.303 e. The second-order valence-electron chi connectivity index (χ2n) is 4.25. The van der Waals surface area contributed by atoms with E-state index in [4.69, 9.17) is 23.7 Å². The predicted octanol–water partition coefficient (Wildman–Crippen LogP) is 0.0743. The van der Waals surface area contributed by atoms with Crippen LogP contribution in [0.1, 0.15) is 20.8 Å². The van der Waals surface area contributed by atoms with Gasteiger partial charge in [-0.15, -0.1) is 0 Å². The highest BCUT2D eigenvalue weighted by Crippen LogP contribution is 2.14. The van der Waals surface area contributed by atoms with Crippen molar-refractivity contribution in [3.8, 4) is 0 Å². The molecule has 0 aromatic heterocycles. The minimum absolute atomic E-state index is 0.00252. The number of methoxy groups -OCH3 is 2. The topological polar surface area (TPSA) is 97.4 Å². The quantitative estimate of drug-likeness (QED) is 0.436. The van der Waals surface area contributed by atoms with Gasteiger partial charge in [-0.1, -0.05) is 0 Å². The molecule has 0 bridgehead atoms. The Kier molecular flexibility index (Phi) is 9.31. The largest absolute Gasteiger partial charge is 0.463 e. The number of carbonyl (C=O) groups is 3. The number of hydrogen-bond acceptors (Lipinski definition) is 8. The molecule has 8 nitrogen and oxygen atoms in total. The Morgan fingerprint density at radius 2 is 1.38 bits per heavy atom. The lowest BCUT2D eigenvalue weighted by Gasteiger charge is -2.30. The molecule has 0 N–H and O–H groups in total. The zero-order valence-electron chi connectivity index (χ0n) is 12.9. The Bertz CT molecular complexity index is 354. The van der Waals surface area contributed by atoms with Crippen molar-refractivity contribution in [1.82, 2.24) is 0 Å². The van der Waals surface area contributed by atoms with Gasteiger partial charge in [-0.25, -0.2) is 0 Å². The summed E-state index contributed by atoms with van der Waals surface area (Å²) < 4.78 is 25.2.